The maximum atomic E-state index is 11.9. The Hall–Kier alpha value is -3.02. The third-order valence-corrected chi connectivity index (χ3v) is 3.25. The van der Waals surface area contributed by atoms with Crippen LogP contribution in [0.5, 0.6) is 5.75 Å². The summed E-state index contributed by atoms with van der Waals surface area (Å²) >= 11 is 0. The number of nitrogen functional groups attached to an aromatic ring is 1. The molecule has 0 heterocycles. The molecule has 0 aliphatic rings. The summed E-state index contributed by atoms with van der Waals surface area (Å²) < 4.78 is 5.21. The number of methoxy groups -OCH3 is 1. The zero-order valence-electron chi connectivity index (χ0n) is 12.8. The third kappa shape index (κ3) is 4.74. The number of hydrogen-bond acceptors (Lipinski definition) is 4. The first-order chi connectivity index (χ1) is 11.1. The van der Waals surface area contributed by atoms with Crippen LogP contribution in [-0.2, 0) is 11.3 Å². The van der Waals surface area contributed by atoms with E-state index in [0.29, 0.717) is 23.5 Å². The Morgan fingerprint density at radius 1 is 1.04 bits per heavy atom. The highest BCUT2D eigenvalue weighted by molar-refractivity contribution is 5.96. The summed E-state index contributed by atoms with van der Waals surface area (Å²) in [4.78, 5) is 23.7. The molecule has 6 nitrogen and oxygen atoms in total. The lowest BCUT2D eigenvalue weighted by Gasteiger charge is -2.10. The van der Waals surface area contributed by atoms with Crippen molar-refractivity contribution < 1.29 is 14.3 Å². The van der Waals surface area contributed by atoms with Crippen LogP contribution in [0.15, 0.2) is 48.5 Å². The number of benzene rings is 2. The second-order valence-electron chi connectivity index (χ2n) is 4.89. The third-order valence-electron chi connectivity index (χ3n) is 3.25. The number of carbonyl (C=O) groups is 2. The van der Waals surface area contributed by atoms with Gasteiger partial charge in [-0.1, -0.05) is 18.2 Å². The fraction of sp³-hybridized carbons (Fsp3) is 0.176. The van der Waals surface area contributed by atoms with Crippen LogP contribution in [-0.4, -0.2) is 25.5 Å². The van der Waals surface area contributed by atoms with E-state index in [9.17, 15) is 9.59 Å². The first-order valence-corrected chi connectivity index (χ1v) is 7.12. The Labute approximate surface area is 134 Å². The molecule has 23 heavy (non-hydrogen) atoms. The molecule has 6 heteroatoms. The molecule has 0 fully saturated rings. The summed E-state index contributed by atoms with van der Waals surface area (Å²) in [5.74, 6) is 0.107. The van der Waals surface area contributed by atoms with E-state index in [1.165, 1.54) is 0 Å². The number of nitrogens with one attached hydrogen (secondary N) is 2. The van der Waals surface area contributed by atoms with Gasteiger partial charge in [-0.25, -0.2) is 0 Å². The fourth-order valence-corrected chi connectivity index (χ4v) is 2.00. The van der Waals surface area contributed by atoms with Crippen molar-refractivity contribution >= 4 is 17.5 Å². The first kappa shape index (κ1) is 16.4. The number of ether oxygens (including phenoxy) is 1. The molecule has 0 aliphatic carbocycles. The van der Waals surface area contributed by atoms with Crippen LogP contribution in [0.1, 0.15) is 15.9 Å². The molecule has 0 aromatic heterocycles. The van der Waals surface area contributed by atoms with Crippen LogP contribution in [0, 0.1) is 0 Å². The standard InChI is InChI=1S/C17H19N3O3/c1-23-15-5-3-2-4-13(15)10-19-16(21)11-20-17(22)12-6-8-14(18)9-7-12/h2-9H,10-11,18H2,1H3,(H,19,21)(H,20,22). The predicted molar refractivity (Wildman–Crippen MR) is 88.0 cm³/mol. The van der Waals surface area contributed by atoms with Gasteiger partial charge in [0, 0.05) is 23.4 Å². The number of hydrogen-bond donors (Lipinski definition) is 3. The molecule has 0 spiro atoms. The van der Waals surface area contributed by atoms with Crippen LogP contribution in [0.25, 0.3) is 0 Å². The minimum atomic E-state index is -0.322. The van der Waals surface area contributed by atoms with E-state index < -0.39 is 0 Å². The minimum Gasteiger partial charge on any atom is -0.496 e. The van der Waals surface area contributed by atoms with E-state index in [2.05, 4.69) is 10.6 Å². The summed E-state index contributed by atoms with van der Waals surface area (Å²) in [6.45, 7) is 0.235. The van der Waals surface area contributed by atoms with Gasteiger partial charge in [0.2, 0.25) is 5.91 Å². The molecule has 0 radical (unpaired) electrons. The summed E-state index contributed by atoms with van der Waals surface area (Å²) in [6.07, 6.45) is 0. The zero-order chi connectivity index (χ0) is 16.7. The van der Waals surface area contributed by atoms with E-state index in [-0.39, 0.29) is 18.4 Å². The number of rotatable bonds is 6. The van der Waals surface area contributed by atoms with Gasteiger partial charge in [-0.05, 0) is 30.3 Å². The van der Waals surface area contributed by atoms with Crippen LogP contribution >= 0.6 is 0 Å². The van der Waals surface area contributed by atoms with Crippen molar-refractivity contribution in [2.24, 2.45) is 0 Å². The summed E-state index contributed by atoms with van der Waals surface area (Å²) in [5, 5.41) is 5.30. The second-order valence-corrected chi connectivity index (χ2v) is 4.89. The van der Waals surface area contributed by atoms with Crippen molar-refractivity contribution in [2.45, 2.75) is 6.54 Å². The van der Waals surface area contributed by atoms with E-state index in [0.717, 1.165) is 5.56 Å². The van der Waals surface area contributed by atoms with Gasteiger partial charge in [0.05, 0.1) is 13.7 Å². The quantitative estimate of drug-likeness (QED) is 0.701. The van der Waals surface area contributed by atoms with Crippen molar-refractivity contribution in [1.29, 1.82) is 0 Å². The molecule has 0 saturated carbocycles. The molecule has 0 bridgehead atoms. The Bertz CT molecular complexity index is 684. The number of para-hydroxylation sites is 1. The van der Waals surface area contributed by atoms with E-state index in [1.54, 1.807) is 31.4 Å². The van der Waals surface area contributed by atoms with Gasteiger partial charge in [-0.15, -0.1) is 0 Å². The molecule has 2 amide bonds. The van der Waals surface area contributed by atoms with Gasteiger partial charge in [0.15, 0.2) is 0 Å². The molecule has 0 unspecified atom stereocenters. The first-order valence-electron chi connectivity index (χ1n) is 7.12. The monoisotopic (exact) mass is 313 g/mol. The molecular formula is C17H19N3O3. The molecular weight excluding hydrogens is 294 g/mol. The average molecular weight is 313 g/mol. The predicted octanol–water partition coefficient (Wildman–Crippen LogP) is 1.32. The largest absolute Gasteiger partial charge is 0.496 e. The number of carbonyl (C=O) groups excluding carboxylic acids is 2. The topological polar surface area (TPSA) is 93.5 Å². The second kappa shape index (κ2) is 7.84. The van der Waals surface area contributed by atoms with Crippen LogP contribution in [0.3, 0.4) is 0 Å². The van der Waals surface area contributed by atoms with Crippen LogP contribution in [0.2, 0.25) is 0 Å². The summed E-state index contributed by atoms with van der Waals surface area (Å²) in [6, 6.07) is 13.9. The lowest BCUT2D eigenvalue weighted by atomic mass is 10.2. The van der Waals surface area contributed by atoms with E-state index in [1.807, 2.05) is 24.3 Å². The van der Waals surface area contributed by atoms with Crippen molar-refractivity contribution in [1.82, 2.24) is 10.6 Å². The Morgan fingerprint density at radius 3 is 2.43 bits per heavy atom. The Morgan fingerprint density at radius 2 is 1.74 bits per heavy atom. The van der Waals surface area contributed by atoms with Gasteiger partial charge in [-0.2, -0.15) is 0 Å². The van der Waals surface area contributed by atoms with E-state index >= 15 is 0 Å². The normalized spacial score (nSPS) is 9.96. The Kier molecular flexibility index (Phi) is 5.57. The molecule has 2 aromatic carbocycles. The minimum absolute atomic E-state index is 0.0989. The van der Waals surface area contributed by atoms with E-state index in [4.69, 9.17) is 10.5 Å². The van der Waals surface area contributed by atoms with Gasteiger partial charge in [-0.3, -0.25) is 9.59 Å². The van der Waals surface area contributed by atoms with Crippen LogP contribution < -0.4 is 21.1 Å². The number of anilines is 1. The molecule has 0 aliphatic heterocycles. The molecule has 2 aromatic rings. The molecule has 0 saturated heterocycles. The van der Waals surface area contributed by atoms with Gasteiger partial charge >= 0.3 is 0 Å². The highest BCUT2D eigenvalue weighted by Crippen LogP contribution is 2.16. The smallest absolute Gasteiger partial charge is 0.251 e. The number of nitrogens with two attached hydrogens (primary N) is 1. The zero-order valence-corrected chi connectivity index (χ0v) is 12.8. The SMILES string of the molecule is COc1ccccc1CNC(=O)CNC(=O)c1ccc(N)cc1. The van der Waals surface area contributed by atoms with Gasteiger partial charge < -0.3 is 21.1 Å². The maximum absolute atomic E-state index is 11.9. The number of amides is 2. The summed E-state index contributed by atoms with van der Waals surface area (Å²) in [5.41, 5.74) is 7.47. The highest BCUT2D eigenvalue weighted by Gasteiger charge is 2.08. The van der Waals surface area contributed by atoms with Crippen molar-refractivity contribution in [3.63, 3.8) is 0 Å². The van der Waals surface area contributed by atoms with Gasteiger partial charge in [0.25, 0.3) is 5.91 Å². The maximum Gasteiger partial charge on any atom is 0.251 e. The summed E-state index contributed by atoms with van der Waals surface area (Å²) in [7, 11) is 1.58. The highest BCUT2D eigenvalue weighted by atomic mass is 16.5. The van der Waals surface area contributed by atoms with Crippen molar-refractivity contribution in [3.05, 3.63) is 59.7 Å². The van der Waals surface area contributed by atoms with Gasteiger partial charge in [0.1, 0.15) is 5.75 Å². The lowest BCUT2D eigenvalue weighted by Crippen LogP contribution is -2.36. The fourth-order valence-electron chi connectivity index (χ4n) is 2.00. The molecule has 2 rings (SSSR count). The molecule has 0 atom stereocenters. The lowest BCUT2D eigenvalue weighted by molar-refractivity contribution is -0.120. The van der Waals surface area contributed by atoms with Crippen molar-refractivity contribution in [3.8, 4) is 5.75 Å². The van der Waals surface area contributed by atoms with Crippen molar-refractivity contribution in [2.75, 3.05) is 19.4 Å². The van der Waals surface area contributed by atoms with Crippen LogP contribution in [0.4, 0.5) is 5.69 Å². The average Bonchev–Trinajstić information content (AvgIpc) is 2.58. The Balaban J connectivity index is 1.81. The molecule has 120 valence electrons. The molecule has 4 N–H and O–H groups in total.